The smallest absolute Gasteiger partial charge is 0.256 e. The average molecular weight is 396 g/mol. The van der Waals surface area contributed by atoms with E-state index < -0.39 is 9.84 Å². The van der Waals surface area contributed by atoms with Gasteiger partial charge in [0.05, 0.1) is 49.3 Å². The van der Waals surface area contributed by atoms with Crippen molar-refractivity contribution < 1.29 is 27.4 Å². The second kappa shape index (κ2) is 7.30. The van der Waals surface area contributed by atoms with Gasteiger partial charge in [-0.3, -0.25) is 4.79 Å². The number of carbonyl (C=O) groups excluding carboxylic acids is 1. The van der Waals surface area contributed by atoms with Crippen LogP contribution >= 0.6 is 0 Å². The normalized spacial score (nSPS) is 18.4. The third kappa shape index (κ3) is 3.31. The van der Waals surface area contributed by atoms with Crippen LogP contribution in [0.4, 0.5) is 0 Å². The van der Waals surface area contributed by atoms with E-state index >= 15 is 0 Å². The highest BCUT2D eigenvalue weighted by molar-refractivity contribution is 7.91. The zero-order chi connectivity index (χ0) is 19.8. The van der Waals surface area contributed by atoms with E-state index in [4.69, 9.17) is 14.2 Å². The minimum absolute atomic E-state index is 0.00319. The van der Waals surface area contributed by atoms with Gasteiger partial charge in [-0.15, -0.1) is 0 Å². The SMILES string of the molecule is CCN(C(=O)c1c[nH]c2cc(OC)c(OC)c(OC)c12)C1CCS(=O)(=O)C1. The van der Waals surface area contributed by atoms with Crippen molar-refractivity contribution in [3.63, 3.8) is 0 Å². The number of aromatic amines is 1. The van der Waals surface area contributed by atoms with Crippen LogP contribution in [0.25, 0.3) is 10.9 Å². The highest BCUT2D eigenvalue weighted by Crippen LogP contribution is 2.44. The molecule has 1 N–H and O–H groups in total. The Morgan fingerprint density at radius 2 is 1.93 bits per heavy atom. The molecule has 1 unspecified atom stereocenters. The highest BCUT2D eigenvalue weighted by Gasteiger charge is 2.35. The molecule has 0 bridgehead atoms. The van der Waals surface area contributed by atoms with Gasteiger partial charge >= 0.3 is 0 Å². The number of amides is 1. The Labute approximate surface area is 158 Å². The molecule has 0 saturated carbocycles. The number of nitrogens with one attached hydrogen (secondary N) is 1. The third-order valence-corrected chi connectivity index (χ3v) is 6.70. The van der Waals surface area contributed by atoms with E-state index in [1.807, 2.05) is 6.92 Å². The van der Waals surface area contributed by atoms with Gasteiger partial charge < -0.3 is 24.1 Å². The van der Waals surface area contributed by atoms with Crippen LogP contribution in [0.2, 0.25) is 0 Å². The molecular formula is C18H24N2O6S. The highest BCUT2D eigenvalue weighted by atomic mass is 32.2. The lowest BCUT2D eigenvalue weighted by Gasteiger charge is -2.27. The Balaban J connectivity index is 2.09. The van der Waals surface area contributed by atoms with E-state index in [2.05, 4.69) is 4.98 Å². The lowest BCUT2D eigenvalue weighted by molar-refractivity contribution is 0.0710. The predicted molar refractivity (Wildman–Crippen MR) is 102 cm³/mol. The average Bonchev–Trinajstić information content (AvgIpc) is 3.23. The van der Waals surface area contributed by atoms with Gasteiger partial charge in [0.15, 0.2) is 21.3 Å². The molecule has 1 saturated heterocycles. The van der Waals surface area contributed by atoms with Crippen LogP contribution in [0, 0.1) is 0 Å². The second-order valence-corrected chi connectivity index (χ2v) is 8.65. The first kappa shape index (κ1) is 19.3. The number of fused-ring (bicyclic) bond motifs is 1. The molecular weight excluding hydrogens is 372 g/mol. The number of methoxy groups -OCH3 is 3. The van der Waals surface area contributed by atoms with Crippen LogP contribution in [0.5, 0.6) is 17.2 Å². The molecule has 27 heavy (non-hydrogen) atoms. The number of nitrogens with zero attached hydrogens (tertiary/aromatic N) is 1. The number of hydrogen-bond donors (Lipinski definition) is 1. The van der Waals surface area contributed by atoms with E-state index in [-0.39, 0.29) is 23.5 Å². The Morgan fingerprint density at radius 3 is 2.44 bits per heavy atom. The van der Waals surface area contributed by atoms with Gasteiger partial charge in [-0.2, -0.15) is 0 Å². The van der Waals surface area contributed by atoms with Crippen molar-refractivity contribution in [2.75, 3.05) is 39.4 Å². The van der Waals surface area contributed by atoms with Crippen LogP contribution in [-0.4, -0.2) is 69.6 Å². The Hall–Kier alpha value is -2.42. The number of carbonyl (C=O) groups is 1. The summed E-state index contributed by atoms with van der Waals surface area (Å²) in [6, 6.07) is 1.42. The molecule has 1 fully saturated rings. The van der Waals surface area contributed by atoms with Gasteiger partial charge in [-0.1, -0.05) is 0 Å². The summed E-state index contributed by atoms with van der Waals surface area (Å²) >= 11 is 0. The standard InChI is InChI=1S/C18H24N2O6S/c1-5-20(11-6-7-27(22,23)10-11)18(21)12-9-19-13-8-14(24-2)16(25-3)17(26-4)15(12)13/h8-9,11,19H,5-7,10H2,1-4H3. The number of ether oxygens (including phenoxy) is 3. The Kier molecular flexibility index (Phi) is 5.23. The molecule has 3 rings (SSSR count). The van der Waals surface area contributed by atoms with Gasteiger partial charge in [0.1, 0.15) is 0 Å². The molecule has 0 radical (unpaired) electrons. The first-order valence-corrected chi connectivity index (χ1v) is 10.5. The maximum absolute atomic E-state index is 13.3. The van der Waals surface area contributed by atoms with Crippen LogP contribution in [0.3, 0.4) is 0 Å². The number of sulfone groups is 1. The van der Waals surface area contributed by atoms with E-state index in [9.17, 15) is 13.2 Å². The molecule has 1 aliphatic heterocycles. The molecule has 1 amide bonds. The molecule has 148 valence electrons. The van der Waals surface area contributed by atoms with Gasteiger partial charge in [-0.05, 0) is 13.3 Å². The van der Waals surface area contributed by atoms with E-state index in [0.717, 1.165) is 0 Å². The first-order valence-electron chi connectivity index (χ1n) is 8.68. The summed E-state index contributed by atoms with van der Waals surface area (Å²) in [4.78, 5) is 17.9. The van der Waals surface area contributed by atoms with E-state index in [1.54, 1.807) is 17.2 Å². The van der Waals surface area contributed by atoms with Crippen molar-refractivity contribution in [3.8, 4) is 17.2 Å². The molecule has 2 aromatic rings. The lowest BCUT2D eigenvalue weighted by Crippen LogP contribution is -2.40. The number of benzene rings is 1. The minimum atomic E-state index is -3.09. The summed E-state index contributed by atoms with van der Waals surface area (Å²) in [5.41, 5.74) is 1.08. The summed E-state index contributed by atoms with van der Waals surface area (Å²) in [6.07, 6.45) is 2.07. The van der Waals surface area contributed by atoms with Crippen LogP contribution in [0.15, 0.2) is 12.3 Å². The Bertz CT molecular complexity index is 966. The fourth-order valence-electron chi connectivity index (χ4n) is 3.67. The van der Waals surface area contributed by atoms with Crippen LogP contribution < -0.4 is 14.2 Å². The molecule has 1 aromatic heterocycles. The largest absolute Gasteiger partial charge is 0.493 e. The van der Waals surface area contributed by atoms with Crippen LogP contribution in [0.1, 0.15) is 23.7 Å². The van der Waals surface area contributed by atoms with Crippen LogP contribution in [-0.2, 0) is 9.84 Å². The maximum Gasteiger partial charge on any atom is 0.256 e. The van der Waals surface area contributed by atoms with Gasteiger partial charge in [-0.25, -0.2) is 8.42 Å². The summed E-state index contributed by atoms with van der Waals surface area (Å²) in [6.45, 7) is 2.26. The molecule has 8 nitrogen and oxygen atoms in total. The summed E-state index contributed by atoms with van der Waals surface area (Å²) in [7, 11) is 1.44. The lowest BCUT2D eigenvalue weighted by atomic mass is 10.1. The zero-order valence-electron chi connectivity index (χ0n) is 15.9. The Morgan fingerprint density at radius 1 is 1.22 bits per heavy atom. The number of hydrogen-bond acceptors (Lipinski definition) is 6. The fourth-order valence-corrected chi connectivity index (χ4v) is 5.40. The van der Waals surface area contributed by atoms with E-state index in [0.29, 0.717) is 46.7 Å². The first-order chi connectivity index (χ1) is 12.9. The zero-order valence-corrected chi connectivity index (χ0v) is 16.7. The monoisotopic (exact) mass is 396 g/mol. The van der Waals surface area contributed by atoms with Crippen molar-refractivity contribution in [1.82, 2.24) is 9.88 Å². The molecule has 9 heteroatoms. The molecule has 2 heterocycles. The number of aromatic nitrogens is 1. The molecule has 0 aliphatic carbocycles. The maximum atomic E-state index is 13.3. The molecule has 1 atom stereocenters. The number of H-pyrrole nitrogens is 1. The fraction of sp³-hybridized carbons (Fsp3) is 0.500. The quantitative estimate of drug-likeness (QED) is 0.800. The number of rotatable bonds is 6. The van der Waals surface area contributed by atoms with Gasteiger partial charge in [0, 0.05) is 24.8 Å². The van der Waals surface area contributed by atoms with Crippen molar-refractivity contribution in [2.45, 2.75) is 19.4 Å². The van der Waals surface area contributed by atoms with Crippen molar-refractivity contribution >= 4 is 26.6 Å². The second-order valence-electron chi connectivity index (χ2n) is 6.42. The summed E-state index contributed by atoms with van der Waals surface area (Å²) in [5, 5.41) is 0.583. The third-order valence-electron chi connectivity index (χ3n) is 4.95. The van der Waals surface area contributed by atoms with Gasteiger partial charge in [0.25, 0.3) is 5.91 Å². The summed E-state index contributed by atoms with van der Waals surface area (Å²) < 4.78 is 40.0. The molecule has 0 spiro atoms. The predicted octanol–water partition coefficient (Wildman–Crippen LogP) is 1.84. The van der Waals surface area contributed by atoms with Gasteiger partial charge in [0.2, 0.25) is 5.75 Å². The summed E-state index contributed by atoms with van der Waals surface area (Å²) in [5.74, 6) is 1.15. The minimum Gasteiger partial charge on any atom is -0.493 e. The van der Waals surface area contributed by atoms with Crippen molar-refractivity contribution in [3.05, 3.63) is 17.8 Å². The molecule has 1 aliphatic rings. The molecule has 1 aromatic carbocycles. The topological polar surface area (TPSA) is 97.9 Å². The van der Waals surface area contributed by atoms with Crippen molar-refractivity contribution in [2.24, 2.45) is 0 Å². The van der Waals surface area contributed by atoms with E-state index in [1.165, 1.54) is 21.3 Å². The van der Waals surface area contributed by atoms with Crippen molar-refractivity contribution in [1.29, 1.82) is 0 Å².